The Morgan fingerprint density at radius 1 is 1.35 bits per heavy atom. The fourth-order valence-electron chi connectivity index (χ4n) is 1.53. The second kappa shape index (κ2) is 5.51. The van der Waals surface area contributed by atoms with E-state index in [-0.39, 0.29) is 0 Å². The number of aliphatic imine (C=N–C) groups is 1. The zero-order valence-electron chi connectivity index (χ0n) is 9.71. The van der Waals surface area contributed by atoms with Gasteiger partial charge in [0.05, 0.1) is 22.3 Å². The Kier molecular flexibility index (Phi) is 4.23. The monoisotopic (exact) mass is 288 g/mol. The average Bonchev–Trinajstić information content (AvgIpc) is 2.72. The summed E-state index contributed by atoms with van der Waals surface area (Å²) in [5.74, 6) is 0.616. The van der Waals surface area contributed by atoms with Crippen LogP contribution in [0.4, 0.5) is 5.69 Å². The Hall–Kier alpha value is -0.380. The third-order valence-corrected chi connectivity index (χ3v) is 4.70. The van der Waals surface area contributed by atoms with Crippen molar-refractivity contribution in [2.75, 3.05) is 11.9 Å². The highest BCUT2D eigenvalue weighted by Crippen LogP contribution is 2.33. The minimum absolute atomic E-state index is 0.541. The first-order valence-electron chi connectivity index (χ1n) is 5.50. The summed E-state index contributed by atoms with van der Waals surface area (Å²) in [6.07, 6.45) is 0. The zero-order valence-corrected chi connectivity index (χ0v) is 12.0. The number of hydrogen-bond donors (Lipinski definition) is 1. The van der Waals surface area contributed by atoms with Crippen molar-refractivity contribution in [3.05, 3.63) is 28.2 Å². The van der Waals surface area contributed by atoms with Gasteiger partial charge in [-0.25, -0.2) is 0 Å². The molecule has 0 spiro atoms. The van der Waals surface area contributed by atoms with Crippen LogP contribution >= 0.6 is 35.0 Å². The van der Waals surface area contributed by atoms with Crippen LogP contribution in [-0.4, -0.2) is 17.0 Å². The Morgan fingerprint density at radius 3 is 2.53 bits per heavy atom. The molecule has 0 bridgehead atoms. The smallest absolute Gasteiger partial charge is 0.161 e. The van der Waals surface area contributed by atoms with Crippen molar-refractivity contribution in [1.29, 1.82) is 0 Å². The maximum absolute atomic E-state index is 6.10. The van der Waals surface area contributed by atoms with E-state index >= 15 is 0 Å². The summed E-state index contributed by atoms with van der Waals surface area (Å²) in [7, 11) is 0. The highest BCUT2D eigenvalue weighted by molar-refractivity contribution is 8.15. The average molecular weight is 289 g/mol. The molecule has 92 valence electrons. The van der Waals surface area contributed by atoms with Crippen molar-refractivity contribution in [2.24, 2.45) is 10.9 Å². The molecule has 2 rings (SSSR count). The molecule has 1 aliphatic heterocycles. The fourth-order valence-corrected chi connectivity index (χ4v) is 3.04. The number of nitrogens with one attached hydrogen (secondary N) is 1. The molecule has 0 amide bonds. The number of para-hydroxylation sites is 1. The van der Waals surface area contributed by atoms with Gasteiger partial charge in [0.1, 0.15) is 0 Å². The maximum atomic E-state index is 6.10. The van der Waals surface area contributed by atoms with Crippen molar-refractivity contribution >= 4 is 45.8 Å². The van der Waals surface area contributed by atoms with Crippen molar-refractivity contribution < 1.29 is 0 Å². The topological polar surface area (TPSA) is 24.4 Å². The summed E-state index contributed by atoms with van der Waals surface area (Å²) in [6, 6.07) is 5.46. The van der Waals surface area contributed by atoms with E-state index in [1.807, 2.05) is 18.2 Å². The van der Waals surface area contributed by atoms with Gasteiger partial charge in [-0.2, -0.15) is 0 Å². The van der Waals surface area contributed by atoms with Gasteiger partial charge < -0.3 is 5.32 Å². The van der Waals surface area contributed by atoms with Crippen LogP contribution in [0.25, 0.3) is 0 Å². The summed E-state index contributed by atoms with van der Waals surface area (Å²) >= 11 is 13.9. The summed E-state index contributed by atoms with van der Waals surface area (Å²) in [4.78, 5) is 4.47. The first kappa shape index (κ1) is 13.1. The van der Waals surface area contributed by atoms with Crippen LogP contribution in [0, 0.1) is 5.92 Å². The van der Waals surface area contributed by atoms with E-state index in [9.17, 15) is 0 Å². The lowest BCUT2D eigenvalue weighted by Crippen LogP contribution is -2.13. The molecule has 0 fully saturated rings. The molecule has 1 aliphatic rings. The predicted molar refractivity (Wildman–Crippen MR) is 78.6 cm³/mol. The number of anilines is 1. The molecule has 1 unspecified atom stereocenters. The van der Waals surface area contributed by atoms with Crippen LogP contribution in [0.3, 0.4) is 0 Å². The van der Waals surface area contributed by atoms with Gasteiger partial charge >= 0.3 is 0 Å². The first-order valence-corrected chi connectivity index (χ1v) is 7.13. The Labute approximate surface area is 116 Å². The molecule has 5 heteroatoms. The molecule has 0 aliphatic carbocycles. The number of benzene rings is 1. The van der Waals surface area contributed by atoms with E-state index in [0.29, 0.717) is 21.2 Å². The van der Waals surface area contributed by atoms with Gasteiger partial charge in [0.2, 0.25) is 0 Å². The molecule has 1 aromatic rings. The van der Waals surface area contributed by atoms with Crippen LogP contribution in [0.2, 0.25) is 10.0 Å². The predicted octanol–water partition coefficient (Wildman–Crippen LogP) is 4.53. The maximum Gasteiger partial charge on any atom is 0.161 e. The minimum atomic E-state index is 0.541. The molecule has 1 N–H and O–H groups in total. The van der Waals surface area contributed by atoms with Gasteiger partial charge in [-0.05, 0) is 18.1 Å². The summed E-state index contributed by atoms with van der Waals surface area (Å²) in [5.41, 5.74) is 0.742. The van der Waals surface area contributed by atoms with Gasteiger partial charge in [-0.1, -0.05) is 54.9 Å². The van der Waals surface area contributed by atoms with E-state index in [1.54, 1.807) is 11.8 Å². The molecular weight excluding hydrogens is 275 g/mol. The summed E-state index contributed by atoms with van der Waals surface area (Å²) in [5, 5.41) is 5.89. The molecule has 17 heavy (non-hydrogen) atoms. The number of amidine groups is 1. The van der Waals surface area contributed by atoms with Crippen molar-refractivity contribution in [1.82, 2.24) is 0 Å². The van der Waals surface area contributed by atoms with Crippen LogP contribution in [-0.2, 0) is 0 Å². The first-order chi connectivity index (χ1) is 8.08. The molecule has 0 saturated heterocycles. The van der Waals surface area contributed by atoms with Crippen LogP contribution in [0.15, 0.2) is 23.2 Å². The standard InChI is InChI=1S/C12H14Cl2N2S/c1-7(2)10-6-15-12(17-10)16-11-8(13)4-3-5-9(11)14/h3-5,7,10H,6H2,1-2H3,(H,15,16). The lowest BCUT2D eigenvalue weighted by Gasteiger charge is -2.13. The van der Waals surface area contributed by atoms with E-state index < -0.39 is 0 Å². The number of halogens is 2. The van der Waals surface area contributed by atoms with Crippen molar-refractivity contribution in [3.8, 4) is 0 Å². The van der Waals surface area contributed by atoms with E-state index in [0.717, 1.165) is 17.4 Å². The molecule has 1 atom stereocenters. The SMILES string of the molecule is CC(C)C1CN=C(Nc2c(Cl)cccc2Cl)S1. The Bertz CT molecular complexity index is 426. The summed E-state index contributed by atoms with van der Waals surface area (Å²) in [6.45, 7) is 5.27. The van der Waals surface area contributed by atoms with E-state index in [1.165, 1.54) is 0 Å². The Morgan fingerprint density at radius 2 is 2.00 bits per heavy atom. The van der Waals surface area contributed by atoms with Gasteiger partial charge in [0.25, 0.3) is 0 Å². The highest BCUT2D eigenvalue weighted by atomic mass is 35.5. The lowest BCUT2D eigenvalue weighted by molar-refractivity contribution is 0.621. The van der Waals surface area contributed by atoms with Crippen LogP contribution < -0.4 is 5.32 Å². The van der Waals surface area contributed by atoms with Crippen molar-refractivity contribution in [3.63, 3.8) is 0 Å². The number of thioether (sulfide) groups is 1. The molecule has 2 nitrogen and oxygen atoms in total. The second-order valence-electron chi connectivity index (χ2n) is 4.27. The third-order valence-electron chi connectivity index (χ3n) is 2.62. The zero-order chi connectivity index (χ0) is 12.4. The van der Waals surface area contributed by atoms with Gasteiger partial charge in [-0.3, -0.25) is 4.99 Å². The highest BCUT2D eigenvalue weighted by Gasteiger charge is 2.23. The fraction of sp³-hybridized carbons (Fsp3) is 0.417. The molecular formula is C12H14Cl2N2S. The minimum Gasteiger partial charge on any atom is -0.333 e. The largest absolute Gasteiger partial charge is 0.333 e. The number of nitrogens with zero attached hydrogens (tertiary/aromatic N) is 1. The normalized spacial score (nSPS) is 19.6. The second-order valence-corrected chi connectivity index (χ2v) is 6.31. The molecule has 1 heterocycles. The lowest BCUT2D eigenvalue weighted by atomic mass is 10.1. The molecule has 0 radical (unpaired) electrons. The quantitative estimate of drug-likeness (QED) is 0.864. The summed E-state index contributed by atoms with van der Waals surface area (Å²) < 4.78 is 0. The van der Waals surface area contributed by atoms with E-state index in [2.05, 4.69) is 24.2 Å². The number of hydrogen-bond acceptors (Lipinski definition) is 3. The Balaban J connectivity index is 2.08. The van der Waals surface area contributed by atoms with Gasteiger partial charge in [0.15, 0.2) is 5.17 Å². The third kappa shape index (κ3) is 3.09. The molecule has 1 aromatic carbocycles. The van der Waals surface area contributed by atoms with Crippen molar-refractivity contribution in [2.45, 2.75) is 19.1 Å². The molecule has 0 saturated carbocycles. The van der Waals surface area contributed by atoms with Gasteiger partial charge in [0, 0.05) is 5.25 Å². The number of rotatable bonds is 2. The van der Waals surface area contributed by atoms with Crippen LogP contribution in [0.1, 0.15) is 13.8 Å². The van der Waals surface area contributed by atoms with Gasteiger partial charge in [-0.15, -0.1) is 0 Å². The molecule has 0 aromatic heterocycles. The van der Waals surface area contributed by atoms with Crippen LogP contribution in [0.5, 0.6) is 0 Å². The van der Waals surface area contributed by atoms with E-state index in [4.69, 9.17) is 23.2 Å².